The zero-order chi connectivity index (χ0) is 18.7. The van der Waals surface area contributed by atoms with Crippen molar-refractivity contribution in [2.75, 3.05) is 0 Å². The van der Waals surface area contributed by atoms with E-state index < -0.39 is 9.84 Å². The molecule has 1 aromatic heterocycles. The summed E-state index contributed by atoms with van der Waals surface area (Å²) in [5.74, 6) is 1.18. The molecule has 26 heavy (non-hydrogen) atoms. The molecular formula is C19H18ClNO4S. The number of benzene rings is 2. The summed E-state index contributed by atoms with van der Waals surface area (Å²) < 4.78 is 35.9. The van der Waals surface area contributed by atoms with Crippen LogP contribution >= 0.6 is 11.6 Å². The van der Waals surface area contributed by atoms with E-state index in [0.29, 0.717) is 28.7 Å². The Morgan fingerprint density at radius 3 is 2.46 bits per heavy atom. The highest BCUT2D eigenvalue weighted by Crippen LogP contribution is 2.22. The summed E-state index contributed by atoms with van der Waals surface area (Å²) in [6, 6.07) is 13.2. The maximum Gasteiger partial charge on any atom is 0.182 e. The van der Waals surface area contributed by atoms with Crippen molar-refractivity contribution in [3.8, 4) is 5.75 Å². The fraction of sp³-hybridized carbons (Fsp3) is 0.211. The molecule has 0 aliphatic carbocycles. The predicted molar refractivity (Wildman–Crippen MR) is 99.1 cm³/mol. The summed E-state index contributed by atoms with van der Waals surface area (Å²) in [6.45, 7) is 3.99. The van der Waals surface area contributed by atoms with Crippen molar-refractivity contribution in [3.63, 3.8) is 0 Å². The topological polar surface area (TPSA) is 69.4 Å². The summed E-state index contributed by atoms with van der Waals surface area (Å²) in [7, 11) is -3.46. The van der Waals surface area contributed by atoms with Gasteiger partial charge in [0, 0.05) is 5.02 Å². The van der Waals surface area contributed by atoms with E-state index in [1.807, 2.05) is 13.8 Å². The van der Waals surface area contributed by atoms with E-state index in [0.717, 1.165) is 11.3 Å². The highest BCUT2D eigenvalue weighted by Gasteiger charge is 2.16. The van der Waals surface area contributed by atoms with Gasteiger partial charge in [0.2, 0.25) is 0 Å². The number of nitrogens with zero attached hydrogens (tertiary/aromatic N) is 1. The molecule has 0 amide bonds. The molecule has 0 saturated carbocycles. The van der Waals surface area contributed by atoms with Gasteiger partial charge in [0.1, 0.15) is 18.1 Å². The van der Waals surface area contributed by atoms with Crippen LogP contribution < -0.4 is 4.74 Å². The van der Waals surface area contributed by atoms with Gasteiger partial charge in [-0.05, 0) is 55.8 Å². The molecule has 5 nitrogen and oxygen atoms in total. The minimum absolute atomic E-state index is 0.104. The Balaban J connectivity index is 1.70. The molecule has 0 unspecified atom stereocenters. The molecular weight excluding hydrogens is 374 g/mol. The van der Waals surface area contributed by atoms with E-state index in [4.69, 9.17) is 20.9 Å². The Morgan fingerprint density at radius 1 is 1.12 bits per heavy atom. The Morgan fingerprint density at radius 2 is 1.85 bits per heavy atom. The average molecular weight is 392 g/mol. The smallest absolute Gasteiger partial charge is 0.182 e. The van der Waals surface area contributed by atoms with Gasteiger partial charge in [0.05, 0.1) is 21.9 Å². The third-order valence-corrected chi connectivity index (χ3v) is 5.93. The highest BCUT2D eigenvalue weighted by molar-refractivity contribution is 7.90. The van der Waals surface area contributed by atoms with Crippen molar-refractivity contribution in [2.45, 2.75) is 31.1 Å². The fourth-order valence-corrected chi connectivity index (χ4v) is 4.08. The van der Waals surface area contributed by atoms with Gasteiger partial charge >= 0.3 is 0 Å². The first kappa shape index (κ1) is 18.5. The van der Waals surface area contributed by atoms with Crippen LogP contribution in [-0.4, -0.2) is 13.6 Å². The van der Waals surface area contributed by atoms with Crippen LogP contribution in [0.5, 0.6) is 5.75 Å². The van der Waals surface area contributed by atoms with Crippen molar-refractivity contribution in [2.24, 2.45) is 0 Å². The number of hydrogen-bond donors (Lipinski definition) is 0. The number of aryl methyl sites for hydroxylation is 2. The van der Waals surface area contributed by atoms with Crippen molar-refractivity contribution in [1.82, 2.24) is 5.16 Å². The summed E-state index contributed by atoms with van der Waals surface area (Å²) in [5.41, 5.74) is 2.32. The lowest BCUT2D eigenvalue weighted by atomic mass is 10.2. The summed E-state index contributed by atoms with van der Waals surface area (Å²) in [6.07, 6.45) is 0. The first-order chi connectivity index (χ1) is 12.3. The van der Waals surface area contributed by atoms with E-state index in [1.165, 1.54) is 0 Å². The van der Waals surface area contributed by atoms with Gasteiger partial charge in [0.15, 0.2) is 9.84 Å². The van der Waals surface area contributed by atoms with Crippen molar-refractivity contribution in [1.29, 1.82) is 0 Å². The van der Waals surface area contributed by atoms with Gasteiger partial charge in [-0.1, -0.05) is 28.9 Å². The molecule has 0 fully saturated rings. The number of halogens is 1. The third-order valence-electron chi connectivity index (χ3n) is 3.99. The van der Waals surface area contributed by atoms with Crippen LogP contribution in [0.3, 0.4) is 0 Å². The maximum atomic E-state index is 12.6. The molecule has 3 aromatic rings. The largest absolute Gasteiger partial charge is 0.489 e. The second-order valence-corrected chi connectivity index (χ2v) is 8.38. The fourth-order valence-electron chi connectivity index (χ4n) is 2.54. The second-order valence-electron chi connectivity index (χ2n) is 5.95. The number of hydrogen-bond acceptors (Lipinski definition) is 5. The van der Waals surface area contributed by atoms with Gasteiger partial charge in [-0.3, -0.25) is 0 Å². The molecule has 2 aromatic carbocycles. The number of rotatable bonds is 6. The minimum atomic E-state index is -3.46. The third kappa shape index (κ3) is 4.26. The SMILES string of the molecule is Cc1noc(C)c1COc1ccc(S(=O)(=O)Cc2cccc(Cl)c2)cc1. The lowest BCUT2D eigenvalue weighted by Gasteiger charge is -2.08. The number of sulfone groups is 1. The molecule has 0 aliphatic heterocycles. The van der Waals surface area contributed by atoms with E-state index in [2.05, 4.69) is 5.16 Å². The Labute approximate surface area is 157 Å². The van der Waals surface area contributed by atoms with Crippen LogP contribution in [0.15, 0.2) is 57.9 Å². The molecule has 0 radical (unpaired) electrons. The van der Waals surface area contributed by atoms with Gasteiger partial charge in [-0.2, -0.15) is 0 Å². The highest BCUT2D eigenvalue weighted by atomic mass is 35.5. The summed E-state index contributed by atoms with van der Waals surface area (Å²) >= 11 is 5.92. The molecule has 0 aliphatic rings. The summed E-state index contributed by atoms with van der Waals surface area (Å²) in [5, 5.41) is 4.39. The molecule has 136 valence electrons. The first-order valence-electron chi connectivity index (χ1n) is 7.97. The molecule has 7 heteroatoms. The number of aromatic nitrogens is 1. The van der Waals surface area contributed by atoms with Crippen LogP contribution in [-0.2, 0) is 22.2 Å². The Hall–Kier alpha value is -2.31. The lowest BCUT2D eigenvalue weighted by molar-refractivity contribution is 0.301. The van der Waals surface area contributed by atoms with Crippen LogP contribution in [0.2, 0.25) is 5.02 Å². The van der Waals surface area contributed by atoms with E-state index in [-0.39, 0.29) is 10.6 Å². The molecule has 0 saturated heterocycles. The predicted octanol–water partition coefficient (Wildman–Crippen LogP) is 4.50. The van der Waals surface area contributed by atoms with Gasteiger partial charge < -0.3 is 9.26 Å². The maximum absolute atomic E-state index is 12.6. The lowest BCUT2D eigenvalue weighted by Crippen LogP contribution is -2.05. The Bertz CT molecular complexity index is 991. The number of ether oxygens (including phenoxy) is 1. The van der Waals surface area contributed by atoms with Crippen LogP contribution in [0.1, 0.15) is 22.6 Å². The van der Waals surface area contributed by atoms with Crippen LogP contribution in [0, 0.1) is 13.8 Å². The molecule has 1 heterocycles. The second kappa shape index (κ2) is 7.51. The Kier molecular flexibility index (Phi) is 5.34. The monoisotopic (exact) mass is 391 g/mol. The summed E-state index contributed by atoms with van der Waals surface area (Å²) in [4.78, 5) is 0.238. The van der Waals surface area contributed by atoms with Crippen LogP contribution in [0.4, 0.5) is 0 Å². The zero-order valence-corrected chi connectivity index (χ0v) is 16.0. The van der Waals surface area contributed by atoms with E-state index in [1.54, 1.807) is 48.5 Å². The first-order valence-corrected chi connectivity index (χ1v) is 10.00. The van der Waals surface area contributed by atoms with E-state index in [9.17, 15) is 8.42 Å². The molecule has 0 N–H and O–H groups in total. The standard InChI is InChI=1S/C19H18ClNO4S/c1-13-19(14(2)25-21-13)11-24-17-6-8-18(9-7-17)26(22,23)12-15-4-3-5-16(20)10-15/h3-10H,11-12H2,1-2H3. The van der Waals surface area contributed by atoms with Crippen molar-refractivity contribution >= 4 is 21.4 Å². The zero-order valence-electron chi connectivity index (χ0n) is 14.4. The van der Waals surface area contributed by atoms with Gasteiger partial charge in [0.25, 0.3) is 0 Å². The normalized spacial score (nSPS) is 11.5. The van der Waals surface area contributed by atoms with E-state index >= 15 is 0 Å². The molecule has 0 spiro atoms. The van der Waals surface area contributed by atoms with Gasteiger partial charge in [-0.15, -0.1) is 0 Å². The molecule has 0 atom stereocenters. The average Bonchev–Trinajstić information content (AvgIpc) is 2.91. The van der Waals surface area contributed by atoms with Gasteiger partial charge in [-0.25, -0.2) is 8.42 Å². The molecule has 0 bridgehead atoms. The molecule has 3 rings (SSSR count). The minimum Gasteiger partial charge on any atom is -0.489 e. The van der Waals surface area contributed by atoms with Crippen molar-refractivity contribution < 1.29 is 17.7 Å². The van der Waals surface area contributed by atoms with Crippen molar-refractivity contribution in [3.05, 3.63) is 76.1 Å². The van der Waals surface area contributed by atoms with Crippen LogP contribution in [0.25, 0.3) is 0 Å². The quantitative estimate of drug-likeness (QED) is 0.618.